The zero-order chi connectivity index (χ0) is 25.6. The number of thiophene rings is 1. The van der Waals surface area contributed by atoms with Gasteiger partial charge in [-0.15, -0.1) is 11.3 Å². The van der Waals surface area contributed by atoms with E-state index in [1.165, 1.54) is 27.3 Å². The summed E-state index contributed by atoms with van der Waals surface area (Å²) in [5.41, 5.74) is 5.22. The number of aryl methyl sites for hydroxylation is 4. The quantitative estimate of drug-likeness (QED) is 0.539. The zero-order valence-corrected chi connectivity index (χ0v) is 23.1. The van der Waals surface area contributed by atoms with E-state index in [0.29, 0.717) is 24.6 Å². The van der Waals surface area contributed by atoms with Gasteiger partial charge in [-0.1, -0.05) is 32.9 Å². The third kappa shape index (κ3) is 4.95. The molecule has 7 heteroatoms. The van der Waals surface area contributed by atoms with Crippen LogP contribution in [0.25, 0.3) is 10.2 Å². The number of carbonyl (C=O) groups is 1. The highest BCUT2D eigenvalue weighted by molar-refractivity contribution is 7.18. The standard InChI is InChI=1S/C29H38N4O2S/c1-18-6-7-19(2)22(16-18)32-12-14-33(15-13-32)25(34)11-10-24-30-27(35)26-21-9-8-20(29(3,4)5)17-23(21)36-28(26)31-24/h6-7,16,20H,8-15,17H2,1-5H3,(H,30,31,35). The van der Waals surface area contributed by atoms with E-state index in [1.54, 1.807) is 11.3 Å². The Hall–Kier alpha value is -2.67. The first kappa shape index (κ1) is 25.0. The van der Waals surface area contributed by atoms with E-state index >= 15 is 0 Å². The number of aromatic amines is 1. The monoisotopic (exact) mass is 506 g/mol. The van der Waals surface area contributed by atoms with Crippen molar-refractivity contribution in [1.29, 1.82) is 0 Å². The maximum absolute atomic E-state index is 13.0. The Morgan fingerprint density at radius 2 is 1.92 bits per heavy atom. The minimum atomic E-state index is -0.0451. The molecule has 1 fully saturated rings. The molecule has 5 rings (SSSR count). The Kier molecular flexibility index (Phi) is 6.70. The van der Waals surface area contributed by atoms with Crippen molar-refractivity contribution in [1.82, 2.24) is 14.9 Å². The third-order valence-electron chi connectivity index (χ3n) is 8.11. The number of aromatic nitrogens is 2. The van der Waals surface area contributed by atoms with E-state index in [9.17, 15) is 9.59 Å². The molecular weight excluding hydrogens is 468 g/mol. The van der Waals surface area contributed by atoms with Crippen LogP contribution in [0.3, 0.4) is 0 Å². The van der Waals surface area contributed by atoms with E-state index in [1.807, 2.05) is 4.90 Å². The van der Waals surface area contributed by atoms with Crippen LogP contribution >= 0.6 is 11.3 Å². The number of nitrogens with one attached hydrogen (secondary N) is 1. The molecular formula is C29H38N4O2S. The van der Waals surface area contributed by atoms with Crippen LogP contribution in [0.2, 0.25) is 0 Å². The van der Waals surface area contributed by atoms with Gasteiger partial charge in [0.1, 0.15) is 10.7 Å². The minimum absolute atomic E-state index is 0.0451. The van der Waals surface area contributed by atoms with Crippen LogP contribution in [0, 0.1) is 25.2 Å². The zero-order valence-electron chi connectivity index (χ0n) is 22.2. The van der Waals surface area contributed by atoms with Gasteiger partial charge in [0.25, 0.3) is 5.56 Å². The molecule has 6 nitrogen and oxygen atoms in total. The van der Waals surface area contributed by atoms with Crippen LogP contribution in [-0.2, 0) is 24.1 Å². The molecule has 1 aliphatic carbocycles. The fourth-order valence-corrected chi connectivity index (χ4v) is 7.05. The molecule has 1 amide bonds. The van der Waals surface area contributed by atoms with Crippen LogP contribution in [0.15, 0.2) is 23.0 Å². The molecule has 0 radical (unpaired) electrons. The van der Waals surface area contributed by atoms with E-state index < -0.39 is 0 Å². The Balaban J connectivity index is 1.22. The maximum atomic E-state index is 13.0. The molecule has 2 aromatic heterocycles. The van der Waals surface area contributed by atoms with E-state index in [0.717, 1.165) is 55.7 Å². The summed E-state index contributed by atoms with van der Waals surface area (Å²) in [5.74, 6) is 1.39. The minimum Gasteiger partial charge on any atom is -0.368 e. The van der Waals surface area contributed by atoms with E-state index in [2.05, 4.69) is 62.7 Å². The number of fused-ring (bicyclic) bond motifs is 3. The number of anilines is 1. The van der Waals surface area contributed by atoms with Crippen molar-refractivity contribution in [3.63, 3.8) is 0 Å². The second-order valence-corrected chi connectivity index (χ2v) is 12.7. The van der Waals surface area contributed by atoms with E-state index in [-0.39, 0.29) is 16.9 Å². The molecule has 2 aliphatic rings. The lowest BCUT2D eigenvalue weighted by Gasteiger charge is -2.37. The average molecular weight is 507 g/mol. The topological polar surface area (TPSA) is 69.3 Å². The molecule has 3 heterocycles. The van der Waals surface area contributed by atoms with Gasteiger partial charge >= 0.3 is 0 Å². The molecule has 0 bridgehead atoms. The molecule has 192 valence electrons. The van der Waals surface area contributed by atoms with Crippen molar-refractivity contribution in [2.24, 2.45) is 11.3 Å². The number of benzene rings is 1. The van der Waals surface area contributed by atoms with Crippen molar-refractivity contribution in [2.45, 2.75) is 66.7 Å². The molecule has 0 saturated carbocycles. The molecule has 1 atom stereocenters. The van der Waals surface area contributed by atoms with Crippen LogP contribution < -0.4 is 10.5 Å². The van der Waals surface area contributed by atoms with Crippen LogP contribution in [0.4, 0.5) is 5.69 Å². The Bertz CT molecular complexity index is 1340. The summed E-state index contributed by atoms with van der Waals surface area (Å²) in [6.07, 6.45) is 3.94. The predicted octanol–water partition coefficient (Wildman–Crippen LogP) is 5.03. The third-order valence-corrected chi connectivity index (χ3v) is 9.25. The number of nitrogens with zero attached hydrogens (tertiary/aromatic N) is 3. The summed E-state index contributed by atoms with van der Waals surface area (Å²) in [6.45, 7) is 14.3. The summed E-state index contributed by atoms with van der Waals surface area (Å²) in [6, 6.07) is 6.54. The van der Waals surface area contributed by atoms with Crippen molar-refractivity contribution in [3.05, 3.63) is 55.9 Å². The first-order chi connectivity index (χ1) is 17.1. The summed E-state index contributed by atoms with van der Waals surface area (Å²) in [5, 5.41) is 0.778. The number of carbonyl (C=O) groups excluding carboxylic acids is 1. The second-order valence-electron chi connectivity index (χ2n) is 11.7. The fraction of sp³-hybridized carbons (Fsp3) is 0.552. The average Bonchev–Trinajstić information content (AvgIpc) is 3.22. The van der Waals surface area contributed by atoms with Gasteiger partial charge in [-0.25, -0.2) is 4.98 Å². The second kappa shape index (κ2) is 9.66. The van der Waals surface area contributed by atoms with Crippen LogP contribution in [-0.4, -0.2) is 47.0 Å². The molecule has 1 saturated heterocycles. The van der Waals surface area contributed by atoms with Gasteiger partial charge in [0, 0.05) is 49.6 Å². The van der Waals surface area contributed by atoms with Crippen LogP contribution in [0.1, 0.15) is 61.0 Å². The molecule has 0 spiro atoms. The fourth-order valence-electron chi connectivity index (χ4n) is 5.73. The Labute approximate surface area is 217 Å². The van der Waals surface area contributed by atoms with Gasteiger partial charge in [0.05, 0.1) is 5.39 Å². The number of hydrogen-bond acceptors (Lipinski definition) is 5. The maximum Gasteiger partial charge on any atom is 0.259 e. The molecule has 1 unspecified atom stereocenters. The smallest absolute Gasteiger partial charge is 0.259 e. The largest absolute Gasteiger partial charge is 0.368 e. The van der Waals surface area contributed by atoms with Crippen molar-refractivity contribution >= 4 is 33.1 Å². The highest BCUT2D eigenvalue weighted by Gasteiger charge is 2.31. The molecule has 1 aliphatic heterocycles. The van der Waals surface area contributed by atoms with Gasteiger partial charge in [-0.3, -0.25) is 9.59 Å². The van der Waals surface area contributed by atoms with Crippen molar-refractivity contribution < 1.29 is 4.79 Å². The summed E-state index contributed by atoms with van der Waals surface area (Å²) >= 11 is 1.68. The van der Waals surface area contributed by atoms with Gasteiger partial charge in [0.15, 0.2) is 0 Å². The van der Waals surface area contributed by atoms with E-state index in [4.69, 9.17) is 4.98 Å². The molecule has 1 aromatic carbocycles. The predicted molar refractivity (Wildman–Crippen MR) is 148 cm³/mol. The molecule has 36 heavy (non-hydrogen) atoms. The normalized spacial score (nSPS) is 18.5. The highest BCUT2D eigenvalue weighted by atomic mass is 32.1. The number of rotatable bonds is 4. The molecule has 1 N–H and O–H groups in total. The van der Waals surface area contributed by atoms with Gasteiger partial charge in [0.2, 0.25) is 5.91 Å². The summed E-state index contributed by atoms with van der Waals surface area (Å²) < 4.78 is 0. The lowest BCUT2D eigenvalue weighted by atomic mass is 9.72. The Morgan fingerprint density at radius 3 is 2.64 bits per heavy atom. The van der Waals surface area contributed by atoms with Crippen molar-refractivity contribution in [2.75, 3.05) is 31.1 Å². The summed E-state index contributed by atoms with van der Waals surface area (Å²) in [7, 11) is 0. The highest BCUT2D eigenvalue weighted by Crippen LogP contribution is 2.42. The van der Waals surface area contributed by atoms with Gasteiger partial charge in [-0.05, 0) is 67.2 Å². The lowest BCUT2D eigenvalue weighted by molar-refractivity contribution is -0.131. The van der Waals surface area contributed by atoms with Crippen LogP contribution in [0.5, 0.6) is 0 Å². The first-order valence-corrected chi connectivity index (χ1v) is 14.0. The number of hydrogen-bond donors (Lipinski definition) is 1. The number of H-pyrrole nitrogens is 1. The van der Waals surface area contributed by atoms with Gasteiger partial charge in [-0.2, -0.15) is 0 Å². The van der Waals surface area contributed by atoms with Gasteiger partial charge < -0.3 is 14.8 Å². The van der Waals surface area contributed by atoms with Crippen molar-refractivity contribution in [3.8, 4) is 0 Å². The first-order valence-electron chi connectivity index (χ1n) is 13.2. The lowest BCUT2D eigenvalue weighted by Crippen LogP contribution is -2.49. The molecule has 3 aromatic rings. The number of piperazine rings is 1. The number of amides is 1. The Morgan fingerprint density at radius 1 is 1.17 bits per heavy atom. The SMILES string of the molecule is Cc1ccc(C)c(N2CCN(C(=O)CCc3nc4sc5c(c4c(=O)[nH]3)CCC(C(C)(C)C)C5)CC2)c1. The summed E-state index contributed by atoms with van der Waals surface area (Å²) in [4.78, 5) is 40.2.